The smallest absolute Gasteiger partial charge is 0.223 e. The van der Waals surface area contributed by atoms with E-state index >= 15 is 0 Å². The molecule has 1 saturated heterocycles. The molecule has 1 fully saturated rings. The van der Waals surface area contributed by atoms with E-state index in [-0.39, 0.29) is 5.91 Å². The van der Waals surface area contributed by atoms with E-state index in [1.807, 2.05) is 6.92 Å². The molecule has 3 heteroatoms. The maximum Gasteiger partial charge on any atom is 0.223 e. The number of hydrogen-bond acceptors (Lipinski definition) is 2. The Kier molecular flexibility index (Phi) is 5.95. The minimum atomic E-state index is 0.200. The van der Waals surface area contributed by atoms with Crippen molar-refractivity contribution in [1.29, 1.82) is 0 Å². The lowest BCUT2D eigenvalue weighted by atomic mass is 9.94. The summed E-state index contributed by atoms with van der Waals surface area (Å²) in [6.45, 7) is 5.32. The number of carbonyl (C=O) groups excluding carboxylic acids is 1. The van der Waals surface area contributed by atoms with Gasteiger partial charge >= 0.3 is 0 Å². The van der Waals surface area contributed by atoms with Crippen molar-refractivity contribution in [3.8, 4) is 12.3 Å². The highest BCUT2D eigenvalue weighted by Gasteiger charge is 2.16. The fourth-order valence-electron chi connectivity index (χ4n) is 2.14. The highest BCUT2D eigenvalue weighted by molar-refractivity contribution is 5.76. The number of hydrogen-bond donors (Lipinski definition) is 1. The van der Waals surface area contributed by atoms with Crippen LogP contribution in [0.3, 0.4) is 0 Å². The third-order valence-electron chi connectivity index (χ3n) is 3.18. The van der Waals surface area contributed by atoms with Crippen molar-refractivity contribution in [3.63, 3.8) is 0 Å². The molecule has 1 aliphatic rings. The molecule has 0 bridgehead atoms. The summed E-state index contributed by atoms with van der Waals surface area (Å²) >= 11 is 0. The first-order valence-electron chi connectivity index (χ1n) is 6.19. The number of amides is 1. The number of terminal acetylenes is 1. The summed E-state index contributed by atoms with van der Waals surface area (Å²) in [4.78, 5) is 13.6. The predicted molar refractivity (Wildman–Crippen MR) is 65.9 cm³/mol. The zero-order chi connectivity index (χ0) is 11.8. The van der Waals surface area contributed by atoms with Gasteiger partial charge in [-0.25, -0.2) is 0 Å². The van der Waals surface area contributed by atoms with Crippen LogP contribution in [-0.2, 0) is 4.79 Å². The summed E-state index contributed by atoms with van der Waals surface area (Å²) in [6.07, 6.45) is 9.35. The zero-order valence-corrected chi connectivity index (χ0v) is 10.2. The molecular weight excluding hydrogens is 200 g/mol. The van der Waals surface area contributed by atoms with Gasteiger partial charge in [0.05, 0.1) is 6.54 Å². The summed E-state index contributed by atoms with van der Waals surface area (Å²) in [5.41, 5.74) is 0. The van der Waals surface area contributed by atoms with Gasteiger partial charge in [0.1, 0.15) is 0 Å². The zero-order valence-electron chi connectivity index (χ0n) is 10.2. The van der Waals surface area contributed by atoms with E-state index in [4.69, 9.17) is 6.42 Å². The van der Waals surface area contributed by atoms with Crippen LogP contribution in [0.15, 0.2) is 0 Å². The molecule has 0 radical (unpaired) electrons. The van der Waals surface area contributed by atoms with Crippen LogP contribution in [0.1, 0.15) is 32.6 Å². The van der Waals surface area contributed by atoms with Crippen molar-refractivity contribution in [2.75, 3.05) is 26.2 Å². The topological polar surface area (TPSA) is 32.3 Å². The number of nitrogens with one attached hydrogen (secondary N) is 1. The van der Waals surface area contributed by atoms with E-state index in [0.29, 0.717) is 25.4 Å². The van der Waals surface area contributed by atoms with Crippen molar-refractivity contribution >= 4 is 5.91 Å². The lowest BCUT2D eigenvalue weighted by molar-refractivity contribution is -0.130. The minimum absolute atomic E-state index is 0.200. The summed E-state index contributed by atoms with van der Waals surface area (Å²) in [5.74, 6) is 3.40. The second-order valence-corrected chi connectivity index (χ2v) is 4.36. The third-order valence-corrected chi connectivity index (χ3v) is 3.18. The highest BCUT2D eigenvalue weighted by atomic mass is 16.2. The second kappa shape index (κ2) is 7.29. The predicted octanol–water partition coefficient (Wildman–Crippen LogP) is 1.25. The first-order chi connectivity index (χ1) is 7.77. The molecule has 0 aromatic carbocycles. The maximum absolute atomic E-state index is 11.8. The van der Waals surface area contributed by atoms with Gasteiger partial charge < -0.3 is 10.2 Å². The lowest BCUT2D eigenvalue weighted by Gasteiger charge is -2.24. The Labute approximate surface area is 98.6 Å². The van der Waals surface area contributed by atoms with Crippen LogP contribution in [0, 0.1) is 18.3 Å². The molecular formula is C13H22N2O. The van der Waals surface area contributed by atoms with Gasteiger partial charge in [-0.05, 0) is 45.2 Å². The average molecular weight is 222 g/mol. The summed E-state index contributed by atoms with van der Waals surface area (Å²) < 4.78 is 0. The van der Waals surface area contributed by atoms with Crippen LogP contribution in [-0.4, -0.2) is 37.0 Å². The number of carbonyl (C=O) groups is 1. The van der Waals surface area contributed by atoms with Crippen LogP contribution in [0.2, 0.25) is 0 Å². The quantitative estimate of drug-likeness (QED) is 0.710. The third kappa shape index (κ3) is 4.24. The molecule has 0 saturated carbocycles. The first-order valence-corrected chi connectivity index (χ1v) is 6.19. The van der Waals surface area contributed by atoms with E-state index in [1.54, 1.807) is 4.90 Å². The fourth-order valence-corrected chi connectivity index (χ4v) is 2.14. The summed E-state index contributed by atoms with van der Waals surface area (Å²) in [7, 11) is 0. The Balaban J connectivity index is 2.24. The van der Waals surface area contributed by atoms with Crippen molar-refractivity contribution in [1.82, 2.24) is 10.2 Å². The molecule has 0 spiro atoms. The van der Waals surface area contributed by atoms with Gasteiger partial charge in [-0.2, -0.15) is 0 Å². The molecule has 0 aliphatic carbocycles. The molecule has 90 valence electrons. The molecule has 1 heterocycles. The van der Waals surface area contributed by atoms with Gasteiger partial charge in [0.2, 0.25) is 5.91 Å². The van der Waals surface area contributed by atoms with Crippen molar-refractivity contribution < 1.29 is 4.79 Å². The largest absolute Gasteiger partial charge is 0.332 e. The molecule has 1 aliphatic heterocycles. The number of rotatable bonds is 5. The van der Waals surface area contributed by atoms with Crippen molar-refractivity contribution in [3.05, 3.63) is 0 Å². The van der Waals surface area contributed by atoms with E-state index < -0.39 is 0 Å². The summed E-state index contributed by atoms with van der Waals surface area (Å²) in [6, 6.07) is 0. The van der Waals surface area contributed by atoms with E-state index in [1.165, 1.54) is 12.8 Å². The SMILES string of the molecule is C#CCN(CC)C(=O)CCC1CCCNC1. The number of piperidine rings is 1. The molecule has 0 aromatic heterocycles. The Morgan fingerprint density at radius 2 is 2.44 bits per heavy atom. The molecule has 1 amide bonds. The van der Waals surface area contributed by atoms with Crippen LogP contribution >= 0.6 is 0 Å². The van der Waals surface area contributed by atoms with Crippen LogP contribution in [0.4, 0.5) is 0 Å². The number of nitrogens with zero attached hydrogens (tertiary/aromatic N) is 1. The Morgan fingerprint density at radius 3 is 3.00 bits per heavy atom. The van der Waals surface area contributed by atoms with Gasteiger partial charge in [-0.3, -0.25) is 4.79 Å². The highest BCUT2D eigenvalue weighted by Crippen LogP contribution is 2.16. The van der Waals surface area contributed by atoms with Gasteiger partial charge in [-0.15, -0.1) is 6.42 Å². The monoisotopic (exact) mass is 222 g/mol. The molecule has 1 rings (SSSR count). The van der Waals surface area contributed by atoms with E-state index in [0.717, 1.165) is 19.5 Å². The van der Waals surface area contributed by atoms with Crippen LogP contribution in [0.5, 0.6) is 0 Å². The molecule has 3 nitrogen and oxygen atoms in total. The minimum Gasteiger partial charge on any atom is -0.332 e. The Morgan fingerprint density at radius 1 is 1.62 bits per heavy atom. The summed E-state index contributed by atoms with van der Waals surface area (Å²) in [5, 5.41) is 3.37. The normalized spacial score (nSPS) is 20.1. The van der Waals surface area contributed by atoms with Gasteiger partial charge in [0.25, 0.3) is 0 Å². The van der Waals surface area contributed by atoms with Crippen molar-refractivity contribution in [2.45, 2.75) is 32.6 Å². The maximum atomic E-state index is 11.8. The van der Waals surface area contributed by atoms with E-state index in [2.05, 4.69) is 11.2 Å². The van der Waals surface area contributed by atoms with Gasteiger partial charge in [-0.1, -0.05) is 5.92 Å². The lowest BCUT2D eigenvalue weighted by Crippen LogP contribution is -2.33. The van der Waals surface area contributed by atoms with Crippen LogP contribution < -0.4 is 5.32 Å². The average Bonchev–Trinajstić information content (AvgIpc) is 2.34. The van der Waals surface area contributed by atoms with Gasteiger partial charge in [0, 0.05) is 13.0 Å². The standard InChI is InChI=1S/C13H22N2O/c1-3-10-15(4-2)13(16)8-7-12-6-5-9-14-11-12/h1,12,14H,4-11H2,2H3. The molecule has 1 atom stereocenters. The van der Waals surface area contributed by atoms with Gasteiger partial charge in [0.15, 0.2) is 0 Å². The molecule has 1 N–H and O–H groups in total. The van der Waals surface area contributed by atoms with Crippen molar-refractivity contribution in [2.24, 2.45) is 5.92 Å². The second-order valence-electron chi connectivity index (χ2n) is 4.36. The molecule has 16 heavy (non-hydrogen) atoms. The fraction of sp³-hybridized carbons (Fsp3) is 0.769. The Bertz CT molecular complexity index is 251. The van der Waals surface area contributed by atoms with E-state index in [9.17, 15) is 4.79 Å². The molecule has 0 aromatic rings. The first kappa shape index (κ1) is 13.1. The Hall–Kier alpha value is -1.01. The van der Waals surface area contributed by atoms with Crippen LogP contribution in [0.25, 0.3) is 0 Å². The molecule has 1 unspecified atom stereocenters.